The van der Waals surface area contributed by atoms with Crippen molar-refractivity contribution in [1.29, 1.82) is 0 Å². The molecule has 0 saturated carbocycles. The highest BCUT2D eigenvalue weighted by atomic mass is 32.2. The van der Waals surface area contributed by atoms with Crippen LogP contribution in [0.15, 0.2) is 40.8 Å². The van der Waals surface area contributed by atoms with Crippen molar-refractivity contribution in [2.24, 2.45) is 5.18 Å². The zero-order chi connectivity index (χ0) is 15.2. The monoisotopic (exact) mass is 305 g/mol. The van der Waals surface area contributed by atoms with Gasteiger partial charge in [-0.1, -0.05) is 29.1 Å². The normalized spacial score (nSPS) is 10.1. The van der Waals surface area contributed by atoms with Gasteiger partial charge in [0.2, 0.25) is 5.82 Å². The Morgan fingerprint density at radius 3 is 2.95 bits per heavy atom. The fourth-order valence-corrected chi connectivity index (χ4v) is 1.98. The largest absolute Gasteiger partial charge is 0.334 e. The lowest BCUT2D eigenvalue weighted by atomic mass is 10.2. The van der Waals surface area contributed by atoms with Gasteiger partial charge < -0.3 is 5.32 Å². The minimum absolute atomic E-state index is 0.0391. The summed E-state index contributed by atoms with van der Waals surface area (Å²) in [5.74, 6) is 0.107. The van der Waals surface area contributed by atoms with Gasteiger partial charge in [-0.25, -0.2) is 4.98 Å². The van der Waals surface area contributed by atoms with Crippen LogP contribution in [0.3, 0.4) is 0 Å². The minimum Gasteiger partial charge on any atom is -0.334 e. The van der Waals surface area contributed by atoms with Crippen molar-refractivity contribution >= 4 is 29.0 Å². The van der Waals surface area contributed by atoms with E-state index in [1.807, 2.05) is 0 Å². The molecule has 0 atom stereocenters. The third-order valence-corrected chi connectivity index (χ3v) is 3.13. The van der Waals surface area contributed by atoms with Crippen molar-refractivity contribution in [2.75, 3.05) is 11.6 Å². The second kappa shape index (κ2) is 6.75. The molecule has 1 heterocycles. The summed E-state index contributed by atoms with van der Waals surface area (Å²) in [7, 11) is 0. The highest BCUT2D eigenvalue weighted by Gasteiger charge is 2.17. The number of anilines is 2. The van der Waals surface area contributed by atoms with Crippen LogP contribution < -0.4 is 5.32 Å². The average molecular weight is 305 g/mol. The molecule has 0 unspecified atom stereocenters. The van der Waals surface area contributed by atoms with Gasteiger partial charge in [0.1, 0.15) is 12.7 Å². The predicted octanol–water partition coefficient (Wildman–Crippen LogP) is 3.12. The van der Waals surface area contributed by atoms with E-state index in [0.717, 1.165) is 6.20 Å². The van der Waals surface area contributed by atoms with E-state index >= 15 is 0 Å². The van der Waals surface area contributed by atoms with E-state index in [-0.39, 0.29) is 18.1 Å². The number of hydrogen-bond donors (Lipinski definition) is 1. The molecule has 0 aliphatic rings. The van der Waals surface area contributed by atoms with E-state index in [2.05, 4.69) is 20.5 Å². The van der Waals surface area contributed by atoms with Crippen LogP contribution in [0.25, 0.3) is 0 Å². The second-order valence-corrected chi connectivity index (χ2v) is 4.73. The zero-order valence-corrected chi connectivity index (χ0v) is 11.8. The number of nitroso groups, excluding NO2 is 1. The quantitative estimate of drug-likeness (QED) is 0.287. The maximum Gasteiger partial charge on any atom is 0.329 e. The molecule has 2 rings (SSSR count). The van der Waals surface area contributed by atoms with Crippen LogP contribution >= 0.6 is 11.8 Å². The summed E-state index contributed by atoms with van der Waals surface area (Å²) in [6.07, 6.45) is 2.94. The molecule has 0 amide bonds. The number of nitro groups is 1. The number of aromatic nitrogens is 2. The van der Waals surface area contributed by atoms with Gasteiger partial charge >= 0.3 is 5.69 Å². The average Bonchev–Trinajstić information content (AvgIpc) is 2.47. The predicted molar refractivity (Wildman–Crippen MR) is 79.7 cm³/mol. The van der Waals surface area contributed by atoms with Gasteiger partial charge in [0.25, 0.3) is 0 Å². The molecule has 8 nitrogen and oxygen atoms in total. The third kappa shape index (κ3) is 3.72. The third-order valence-electron chi connectivity index (χ3n) is 2.56. The highest BCUT2D eigenvalue weighted by Crippen LogP contribution is 2.26. The molecule has 21 heavy (non-hydrogen) atoms. The lowest BCUT2D eigenvalue weighted by Gasteiger charge is -2.07. The highest BCUT2D eigenvalue weighted by molar-refractivity contribution is 7.98. The first-order chi connectivity index (χ1) is 10.1. The van der Waals surface area contributed by atoms with Crippen molar-refractivity contribution in [3.63, 3.8) is 0 Å². The van der Waals surface area contributed by atoms with E-state index < -0.39 is 4.92 Å². The summed E-state index contributed by atoms with van der Waals surface area (Å²) in [6.45, 7) is 0.0391. The number of hydrogen-bond acceptors (Lipinski definition) is 8. The van der Waals surface area contributed by atoms with E-state index in [4.69, 9.17) is 0 Å². The molecule has 9 heteroatoms. The first kappa shape index (κ1) is 14.9. The molecule has 0 aliphatic heterocycles. The van der Waals surface area contributed by atoms with Gasteiger partial charge in [0.15, 0.2) is 5.16 Å². The van der Waals surface area contributed by atoms with E-state index in [1.165, 1.54) is 11.8 Å². The Kier molecular flexibility index (Phi) is 4.77. The van der Waals surface area contributed by atoms with Crippen LogP contribution in [-0.2, 0) is 6.54 Å². The van der Waals surface area contributed by atoms with Crippen LogP contribution in [-0.4, -0.2) is 21.1 Å². The summed E-state index contributed by atoms with van der Waals surface area (Å²) < 4.78 is 0. The molecule has 0 saturated heterocycles. The van der Waals surface area contributed by atoms with Crippen LogP contribution in [0.5, 0.6) is 0 Å². The van der Waals surface area contributed by atoms with Gasteiger partial charge in [-0.05, 0) is 24.0 Å². The standard InChI is InChI=1S/C12H11N5O3S/c1-21-12-13-7-10(17(19)20)11(16-12)15-9-4-2-3-8(5-9)6-14-18/h2-5,7H,6H2,1H3,(H,13,15,16). The van der Waals surface area contributed by atoms with Crippen molar-refractivity contribution in [3.8, 4) is 0 Å². The number of rotatable bonds is 6. The summed E-state index contributed by atoms with van der Waals surface area (Å²) in [6, 6.07) is 6.88. The van der Waals surface area contributed by atoms with Crippen molar-refractivity contribution in [2.45, 2.75) is 11.7 Å². The fraction of sp³-hybridized carbons (Fsp3) is 0.167. The van der Waals surface area contributed by atoms with Gasteiger partial charge in [0.05, 0.1) is 4.92 Å². The number of nitrogens with one attached hydrogen (secondary N) is 1. The molecule has 1 aromatic carbocycles. The summed E-state index contributed by atoms with van der Waals surface area (Å²) in [4.78, 5) is 28.7. The number of nitrogens with zero attached hydrogens (tertiary/aromatic N) is 4. The molecule has 1 N–H and O–H groups in total. The SMILES string of the molecule is CSc1ncc([N+](=O)[O-])c(Nc2cccc(CN=O)c2)n1. The lowest BCUT2D eigenvalue weighted by molar-refractivity contribution is -0.384. The van der Waals surface area contributed by atoms with Gasteiger partial charge in [0, 0.05) is 5.69 Å². The maximum atomic E-state index is 11.0. The lowest BCUT2D eigenvalue weighted by Crippen LogP contribution is -2.02. The Hall–Kier alpha value is -2.55. The van der Waals surface area contributed by atoms with E-state index in [1.54, 1.807) is 30.5 Å². The Morgan fingerprint density at radius 1 is 1.48 bits per heavy atom. The second-order valence-electron chi connectivity index (χ2n) is 3.96. The van der Waals surface area contributed by atoms with Crippen molar-refractivity contribution < 1.29 is 4.92 Å². The summed E-state index contributed by atoms with van der Waals surface area (Å²) >= 11 is 1.28. The molecule has 0 radical (unpaired) electrons. The van der Waals surface area contributed by atoms with Crippen LogP contribution in [0.4, 0.5) is 17.2 Å². The Bertz CT molecular complexity index is 680. The number of thioether (sulfide) groups is 1. The van der Waals surface area contributed by atoms with Crippen LogP contribution in [0.1, 0.15) is 5.56 Å². The summed E-state index contributed by atoms with van der Waals surface area (Å²) in [5, 5.41) is 17.1. The Labute approximate surface area is 124 Å². The van der Waals surface area contributed by atoms with Gasteiger partial charge in [-0.2, -0.15) is 9.89 Å². The van der Waals surface area contributed by atoms with E-state index in [9.17, 15) is 15.0 Å². The number of benzene rings is 1. The van der Waals surface area contributed by atoms with E-state index in [0.29, 0.717) is 16.4 Å². The van der Waals surface area contributed by atoms with Crippen molar-refractivity contribution in [1.82, 2.24) is 9.97 Å². The molecule has 0 aliphatic carbocycles. The maximum absolute atomic E-state index is 11.0. The smallest absolute Gasteiger partial charge is 0.329 e. The first-order valence-electron chi connectivity index (χ1n) is 5.84. The van der Waals surface area contributed by atoms with Crippen LogP contribution in [0, 0.1) is 15.0 Å². The summed E-state index contributed by atoms with van der Waals surface area (Å²) in [5.41, 5.74) is 1.08. The molecule has 0 fully saturated rings. The van der Waals surface area contributed by atoms with Crippen molar-refractivity contribution in [3.05, 3.63) is 51.0 Å². The van der Waals surface area contributed by atoms with Gasteiger partial charge in [-0.15, -0.1) is 0 Å². The molecule has 2 aromatic rings. The molecule has 1 aromatic heterocycles. The fourth-order valence-electron chi connectivity index (χ4n) is 1.64. The van der Waals surface area contributed by atoms with Crippen LogP contribution in [0.2, 0.25) is 0 Å². The molecular weight excluding hydrogens is 294 g/mol. The molecular formula is C12H11N5O3S. The topological polar surface area (TPSA) is 110 Å². The van der Waals surface area contributed by atoms with Gasteiger partial charge in [-0.3, -0.25) is 10.1 Å². The zero-order valence-electron chi connectivity index (χ0n) is 11.0. The Morgan fingerprint density at radius 2 is 2.29 bits per heavy atom. The molecule has 0 bridgehead atoms. The minimum atomic E-state index is -0.552. The first-order valence-corrected chi connectivity index (χ1v) is 7.07. The molecule has 108 valence electrons. The molecule has 0 spiro atoms. The Balaban J connectivity index is 2.35.